The highest BCUT2D eigenvalue weighted by Gasteiger charge is 2.32. The second-order valence-corrected chi connectivity index (χ2v) is 6.28. The molecule has 1 atom stereocenters. The number of fused-ring (bicyclic) bond motifs is 1. The zero-order valence-electron chi connectivity index (χ0n) is 12.5. The molecule has 3 rings (SSSR count). The Kier molecular flexibility index (Phi) is 3.98. The normalized spacial score (nSPS) is 23.6. The third-order valence-corrected chi connectivity index (χ3v) is 4.56. The molecule has 0 bridgehead atoms. The summed E-state index contributed by atoms with van der Waals surface area (Å²) in [5.74, 6) is 0. The Balaban J connectivity index is 1.87. The van der Waals surface area contributed by atoms with Gasteiger partial charge >= 0.3 is 0 Å². The largest absolute Gasteiger partial charge is 0.393 e. The molecule has 0 spiro atoms. The van der Waals surface area contributed by atoms with Crippen molar-refractivity contribution in [2.75, 3.05) is 19.7 Å². The summed E-state index contributed by atoms with van der Waals surface area (Å²) in [5.41, 5.74) is 1.65. The van der Waals surface area contributed by atoms with Crippen LogP contribution in [0.4, 0.5) is 0 Å². The van der Waals surface area contributed by atoms with E-state index >= 15 is 0 Å². The van der Waals surface area contributed by atoms with Gasteiger partial charge in [-0.3, -0.25) is 4.90 Å². The SMILES string of the molecule is Cc1ccc(CN2CCC[C@@](O)(CO)C2)c2ccccc12. The molecule has 3 heteroatoms. The van der Waals surface area contributed by atoms with Gasteiger partial charge in [0.05, 0.1) is 6.61 Å². The predicted octanol–water partition coefficient (Wildman–Crippen LogP) is 2.47. The van der Waals surface area contributed by atoms with Crippen molar-refractivity contribution in [3.05, 3.63) is 47.5 Å². The van der Waals surface area contributed by atoms with Crippen LogP contribution in [0.2, 0.25) is 0 Å². The highest BCUT2D eigenvalue weighted by atomic mass is 16.3. The number of benzene rings is 2. The maximum absolute atomic E-state index is 10.3. The van der Waals surface area contributed by atoms with Gasteiger partial charge in [-0.1, -0.05) is 36.4 Å². The van der Waals surface area contributed by atoms with Gasteiger partial charge in [-0.05, 0) is 48.2 Å². The lowest BCUT2D eigenvalue weighted by molar-refractivity contribution is -0.0686. The molecule has 112 valence electrons. The van der Waals surface area contributed by atoms with Gasteiger partial charge in [-0.2, -0.15) is 0 Å². The van der Waals surface area contributed by atoms with E-state index in [0.29, 0.717) is 13.0 Å². The van der Waals surface area contributed by atoms with Crippen molar-refractivity contribution < 1.29 is 10.2 Å². The Labute approximate surface area is 125 Å². The number of aliphatic hydroxyl groups is 2. The van der Waals surface area contributed by atoms with E-state index in [0.717, 1.165) is 19.5 Å². The molecule has 3 nitrogen and oxygen atoms in total. The van der Waals surface area contributed by atoms with E-state index in [4.69, 9.17) is 0 Å². The Bertz CT molecular complexity index is 640. The lowest BCUT2D eigenvalue weighted by atomic mass is 9.93. The number of rotatable bonds is 3. The molecule has 1 aliphatic rings. The van der Waals surface area contributed by atoms with E-state index < -0.39 is 5.60 Å². The molecule has 0 saturated carbocycles. The number of nitrogens with zero attached hydrogens (tertiary/aromatic N) is 1. The molecule has 0 unspecified atom stereocenters. The quantitative estimate of drug-likeness (QED) is 0.910. The summed E-state index contributed by atoms with van der Waals surface area (Å²) in [5, 5.41) is 22.2. The molecule has 1 saturated heterocycles. The van der Waals surface area contributed by atoms with E-state index in [9.17, 15) is 10.2 Å². The number of hydrogen-bond acceptors (Lipinski definition) is 3. The van der Waals surface area contributed by atoms with E-state index in [1.54, 1.807) is 0 Å². The molecular formula is C18H23NO2. The molecule has 1 aliphatic heterocycles. The number of hydrogen-bond donors (Lipinski definition) is 2. The molecule has 21 heavy (non-hydrogen) atoms. The number of β-amino-alcohol motifs (C(OH)–C–C–N with tert-alkyl or cyclic N) is 1. The Hall–Kier alpha value is -1.42. The molecule has 2 N–H and O–H groups in total. The zero-order valence-corrected chi connectivity index (χ0v) is 12.5. The van der Waals surface area contributed by atoms with Crippen LogP contribution in [0.15, 0.2) is 36.4 Å². The lowest BCUT2D eigenvalue weighted by Gasteiger charge is -2.38. The first kappa shape index (κ1) is 14.5. The first-order valence-corrected chi connectivity index (χ1v) is 7.64. The first-order valence-electron chi connectivity index (χ1n) is 7.64. The smallest absolute Gasteiger partial charge is 0.100 e. The van der Waals surface area contributed by atoms with Gasteiger partial charge in [-0.25, -0.2) is 0 Å². The lowest BCUT2D eigenvalue weighted by Crippen LogP contribution is -2.50. The van der Waals surface area contributed by atoms with Crippen LogP contribution in [0, 0.1) is 6.92 Å². The van der Waals surface area contributed by atoms with Crippen molar-refractivity contribution in [3.8, 4) is 0 Å². The van der Waals surface area contributed by atoms with Crippen LogP contribution in [-0.4, -0.2) is 40.4 Å². The van der Waals surface area contributed by atoms with Crippen molar-refractivity contribution in [2.24, 2.45) is 0 Å². The molecule has 1 fully saturated rings. The Morgan fingerprint density at radius 2 is 1.90 bits per heavy atom. The first-order chi connectivity index (χ1) is 10.1. The van der Waals surface area contributed by atoms with Crippen molar-refractivity contribution in [1.82, 2.24) is 4.90 Å². The van der Waals surface area contributed by atoms with Crippen molar-refractivity contribution in [1.29, 1.82) is 0 Å². The standard InChI is InChI=1S/C18H23NO2/c1-14-7-8-15(17-6-3-2-5-16(14)17)11-19-10-4-9-18(21,12-19)13-20/h2-3,5-8,20-21H,4,9-13H2,1H3/t18-/m0/s1. The maximum atomic E-state index is 10.3. The third-order valence-electron chi connectivity index (χ3n) is 4.56. The van der Waals surface area contributed by atoms with E-state index in [1.165, 1.54) is 21.9 Å². The molecule has 1 heterocycles. The van der Waals surface area contributed by atoms with Crippen molar-refractivity contribution >= 4 is 10.8 Å². The van der Waals surface area contributed by atoms with E-state index in [1.807, 2.05) is 0 Å². The van der Waals surface area contributed by atoms with Gasteiger partial charge in [0.2, 0.25) is 0 Å². The highest BCUT2D eigenvalue weighted by molar-refractivity contribution is 5.88. The van der Waals surface area contributed by atoms with Gasteiger partial charge < -0.3 is 10.2 Å². The Morgan fingerprint density at radius 3 is 2.67 bits per heavy atom. The fourth-order valence-electron chi connectivity index (χ4n) is 3.36. The van der Waals surface area contributed by atoms with Crippen LogP contribution in [0.3, 0.4) is 0 Å². The van der Waals surface area contributed by atoms with Crippen molar-refractivity contribution in [2.45, 2.75) is 31.9 Å². The van der Waals surface area contributed by atoms with Crippen LogP contribution in [0.1, 0.15) is 24.0 Å². The average Bonchev–Trinajstić information content (AvgIpc) is 2.51. The average molecular weight is 285 g/mol. The summed E-state index contributed by atoms with van der Waals surface area (Å²) in [4.78, 5) is 2.25. The van der Waals surface area contributed by atoms with Crippen LogP contribution in [0.5, 0.6) is 0 Å². The van der Waals surface area contributed by atoms with E-state index in [2.05, 4.69) is 48.2 Å². The summed E-state index contributed by atoms with van der Waals surface area (Å²) < 4.78 is 0. The minimum absolute atomic E-state index is 0.155. The van der Waals surface area contributed by atoms with Crippen LogP contribution < -0.4 is 0 Å². The summed E-state index contributed by atoms with van der Waals surface area (Å²) in [6.07, 6.45) is 1.62. The molecule has 2 aromatic carbocycles. The van der Waals surface area contributed by atoms with Gasteiger partial charge in [0.25, 0.3) is 0 Å². The number of aliphatic hydroxyl groups excluding tert-OH is 1. The number of aryl methyl sites for hydroxylation is 1. The van der Waals surface area contributed by atoms with Gasteiger partial charge in [0.1, 0.15) is 5.60 Å². The molecular weight excluding hydrogens is 262 g/mol. The van der Waals surface area contributed by atoms with Crippen LogP contribution in [0.25, 0.3) is 10.8 Å². The zero-order chi connectivity index (χ0) is 14.9. The second-order valence-electron chi connectivity index (χ2n) is 6.28. The summed E-state index contributed by atoms with van der Waals surface area (Å²) >= 11 is 0. The summed E-state index contributed by atoms with van der Waals surface area (Å²) in [6, 6.07) is 12.8. The van der Waals surface area contributed by atoms with Gasteiger partial charge in [0.15, 0.2) is 0 Å². The van der Waals surface area contributed by atoms with Crippen LogP contribution >= 0.6 is 0 Å². The van der Waals surface area contributed by atoms with Gasteiger partial charge in [0, 0.05) is 13.1 Å². The predicted molar refractivity (Wildman–Crippen MR) is 85.2 cm³/mol. The third kappa shape index (κ3) is 2.95. The van der Waals surface area contributed by atoms with Crippen LogP contribution in [-0.2, 0) is 6.54 Å². The monoisotopic (exact) mass is 285 g/mol. The second kappa shape index (κ2) is 5.76. The fraction of sp³-hybridized carbons (Fsp3) is 0.444. The molecule has 2 aromatic rings. The molecule has 0 aromatic heterocycles. The Morgan fingerprint density at radius 1 is 1.14 bits per heavy atom. The maximum Gasteiger partial charge on any atom is 0.100 e. The van der Waals surface area contributed by atoms with Crippen molar-refractivity contribution in [3.63, 3.8) is 0 Å². The fourth-order valence-corrected chi connectivity index (χ4v) is 3.36. The summed E-state index contributed by atoms with van der Waals surface area (Å²) in [7, 11) is 0. The summed E-state index contributed by atoms with van der Waals surface area (Å²) in [6.45, 7) is 4.33. The number of piperidine rings is 1. The van der Waals surface area contributed by atoms with E-state index in [-0.39, 0.29) is 6.61 Å². The number of likely N-dealkylation sites (tertiary alicyclic amines) is 1. The molecule has 0 radical (unpaired) electrons. The minimum Gasteiger partial charge on any atom is -0.393 e. The minimum atomic E-state index is -0.932. The topological polar surface area (TPSA) is 43.7 Å². The molecule has 0 aliphatic carbocycles. The molecule has 0 amide bonds. The van der Waals surface area contributed by atoms with Gasteiger partial charge in [-0.15, -0.1) is 0 Å². The highest BCUT2D eigenvalue weighted by Crippen LogP contribution is 2.26.